The van der Waals surface area contributed by atoms with Crippen molar-refractivity contribution in [2.75, 3.05) is 24.6 Å². The molecule has 0 saturated carbocycles. The van der Waals surface area contributed by atoms with Gasteiger partial charge in [-0.05, 0) is 25.0 Å². The molecule has 1 saturated heterocycles. The maximum Gasteiger partial charge on any atom is 0.416 e. The average Bonchev–Trinajstić information content (AvgIpc) is 3.05. The Kier molecular flexibility index (Phi) is 6.95. The summed E-state index contributed by atoms with van der Waals surface area (Å²) in [6, 6.07) is 0.986. The second kappa shape index (κ2) is 9.49. The SMILES string of the molecule is CCOc1cnc(N2C[C@H](C(C)C)N(CC(=O)Cc3cc(C(F)(F)F)ccn3)C2=O)nc1. The highest BCUT2D eigenvalue weighted by Gasteiger charge is 2.41. The van der Waals surface area contributed by atoms with E-state index in [2.05, 4.69) is 15.0 Å². The third-order valence-corrected chi connectivity index (χ3v) is 5.05. The standard InChI is InChI=1S/C21H24F3N5O3/c1-4-32-17-9-26-19(27-10-17)29-12-18(13(2)3)28(20(29)31)11-16(30)8-15-7-14(5-6-25-15)21(22,23)24/h5-7,9-10,13,18H,4,8,11-12H2,1-3H3/t18-/m1/s1. The number of carbonyl (C=O) groups excluding carboxylic acids is 2. The van der Waals surface area contributed by atoms with E-state index < -0.39 is 23.6 Å². The fraction of sp³-hybridized carbons (Fsp3) is 0.476. The topological polar surface area (TPSA) is 88.5 Å². The number of carbonyl (C=O) groups is 2. The first-order valence-electron chi connectivity index (χ1n) is 10.2. The number of ketones is 1. The van der Waals surface area contributed by atoms with Gasteiger partial charge < -0.3 is 9.64 Å². The van der Waals surface area contributed by atoms with Gasteiger partial charge in [-0.3, -0.25) is 14.7 Å². The van der Waals surface area contributed by atoms with Crippen LogP contribution in [-0.4, -0.2) is 57.4 Å². The van der Waals surface area contributed by atoms with E-state index in [4.69, 9.17) is 4.74 Å². The molecule has 3 rings (SSSR count). The Morgan fingerprint density at radius 1 is 1.25 bits per heavy atom. The van der Waals surface area contributed by atoms with Crippen LogP contribution in [0.2, 0.25) is 0 Å². The van der Waals surface area contributed by atoms with Gasteiger partial charge in [0.25, 0.3) is 0 Å². The van der Waals surface area contributed by atoms with E-state index in [0.717, 1.165) is 18.3 Å². The number of ether oxygens (including phenoxy) is 1. The Balaban J connectivity index is 1.73. The van der Waals surface area contributed by atoms with Gasteiger partial charge in [0.2, 0.25) is 5.95 Å². The highest BCUT2D eigenvalue weighted by atomic mass is 19.4. The number of hydrogen-bond donors (Lipinski definition) is 0. The van der Waals surface area contributed by atoms with Crippen LogP contribution in [-0.2, 0) is 17.4 Å². The highest BCUT2D eigenvalue weighted by Crippen LogP contribution is 2.29. The predicted molar refractivity (Wildman–Crippen MR) is 109 cm³/mol. The van der Waals surface area contributed by atoms with Crippen LogP contribution in [0.4, 0.5) is 23.9 Å². The molecular weight excluding hydrogens is 427 g/mol. The van der Waals surface area contributed by atoms with Crippen molar-refractivity contribution in [1.29, 1.82) is 0 Å². The van der Waals surface area contributed by atoms with E-state index in [-0.39, 0.29) is 36.6 Å². The van der Waals surface area contributed by atoms with Crippen LogP contribution >= 0.6 is 0 Å². The summed E-state index contributed by atoms with van der Waals surface area (Å²) in [4.78, 5) is 40.7. The van der Waals surface area contributed by atoms with Crippen LogP contribution < -0.4 is 9.64 Å². The second-order valence-corrected chi connectivity index (χ2v) is 7.73. The number of aromatic nitrogens is 3. The monoisotopic (exact) mass is 451 g/mol. The van der Waals surface area contributed by atoms with Gasteiger partial charge in [0.1, 0.15) is 0 Å². The Bertz CT molecular complexity index is 966. The minimum absolute atomic E-state index is 0.00395. The maximum absolute atomic E-state index is 13.0. The Hall–Kier alpha value is -3.24. The second-order valence-electron chi connectivity index (χ2n) is 7.73. The molecule has 2 aromatic rings. The molecule has 1 aliphatic heterocycles. The maximum atomic E-state index is 13.0. The first-order chi connectivity index (χ1) is 15.1. The number of halogens is 3. The van der Waals surface area contributed by atoms with Gasteiger partial charge in [-0.25, -0.2) is 14.8 Å². The molecule has 0 aromatic carbocycles. The first kappa shape index (κ1) is 23.4. The fourth-order valence-electron chi connectivity index (χ4n) is 3.47. The number of urea groups is 1. The third-order valence-electron chi connectivity index (χ3n) is 5.05. The van der Waals surface area contributed by atoms with Crippen molar-refractivity contribution < 1.29 is 27.5 Å². The van der Waals surface area contributed by atoms with Crippen molar-refractivity contribution in [3.8, 4) is 5.75 Å². The zero-order chi connectivity index (χ0) is 23.5. The smallest absolute Gasteiger partial charge is 0.416 e. The summed E-state index contributed by atoms with van der Waals surface area (Å²) >= 11 is 0. The van der Waals surface area contributed by atoms with Gasteiger partial charge in [-0.2, -0.15) is 13.2 Å². The lowest BCUT2D eigenvalue weighted by Gasteiger charge is -2.25. The molecule has 32 heavy (non-hydrogen) atoms. The largest absolute Gasteiger partial charge is 0.491 e. The van der Waals surface area contributed by atoms with Gasteiger partial charge in [-0.1, -0.05) is 13.8 Å². The first-order valence-corrected chi connectivity index (χ1v) is 10.2. The highest BCUT2D eigenvalue weighted by molar-refractivity contribution is 5.96. The van der Waals surface area contributed by atoms with Crippen LogP contribution in [0, 0.1) is 5.92 Å². The summed E-state index contributed by atoms with van der Waals surface area (Å²) in [6.07, 6.45) is -0.869. The van der Waals surface area contributed by atoms with Crippen LogP contribution in [0.5, 0.6) is 5.75 Å². The zero-order valence-corrected chi connectivity index (χ0v) is 18.0. The molecule has 11 heteroatoms. The van der Waals surface area contributed by atoms with Gasteiger partial charge in [0.05, 0.1) is 50.1 Å². The van der Waals surface area contributed by atoms with Crippen LogP contribution in [0.1, 0.15) is 32.0 Å². The Labute approximate surface area is 183 Å². The van der Waals surface area contributed by atoms with Crippen molar-refractivity contribution in [2.24, 2.45) is 5.92 Å². The summed E-state index contributed by atoms with van der Waals surface area (Å²) in [6.45, 7) is 6.18. The summed E-state index contributed by atoms with van der Waals surface area (Å²) in [5, 5.41) is 0. The van der Waals surface area contributed by atoms with Crippen molar-refractivity contribution in [3.63, 3.8) is 0 Å². The molecule has 0 spiro atoms. The lowest BCUT2D eigenvalue weighted by Crippen LogP contribution is -2.41. The number of anilines is 1. The normalized spacial score (nSPS) is 16.7. The zero-order valence-electron chi connectivity index (χ0n) is 18.0. The molecule has 3 heterocycles. The van der Waals surface area contributed by atoms with Crippen molar-refractivity contribution in [1.82, 2.24) is 19.9 Å². The number of hydrogen-bond acceptors (Lipinski definition) is 6. The number of pyridine rings is 1. The quantitative estimate of drug-likeness (QED) is 0.612. The number of rotatable bonds is 8. The van der Waals surface area contributed by atoms with Gasteiger partial charge >= 0.3 is 12.2 Å². The van der Waals surface area contributed by atoms with Crippen molar-refractivity contribution in [3.05, 3.63) is 42.0 Å². The van der Waals surface area contributed by atoms with E-state index in [0.29, 0.717) is 18.9 Å². The minimum atomic E-state index is -4.52. The lowest BCUT2D eigenvalue weighted by molar-refractivity contribution is -0.137. The summed E-state index contributed by atoms with van der Waals surface area (Å²) < 4.78 is 44.0. The van der Waals surface area contributed by atoms with E-state index in [1.165, 1.54) is 22.2 Å². The molecule has 0 radical (unpaired) electrons. The van der Waals surface area contributed by atoms with E-state index in [1.54, 1.807) is 0 Å². The van der Waals surface area contributed by atoms with Gasteiger partial charge in [-0.15, -0.1) is 0 Å². The molecular formula is C21H24F3N5O3. The van der Waals surface area contributed by atoms with Gasteiger partial charge in [0, 0.05) is 11.9 Å². The molecule has 2 amide bonds. The third kappa shape index (κ3) is 5.32. The summed E-state index contributed by atoms with van der Waals surface area (Å²) in [7, 11) is 0. The van der Waals surface area contributed by atoms with Crippen LogP contribution in [0.15, 0.2) is 30.7 Å². The van der Waals surface area contributed by atoms with Crippen molar-refractivity contribution in [2.45, 2.75) is 39.4 Å². The Morgan fingerprint density at radius 3 is 2.53 bits per heavy atom. The van der Waals surface area contributed by atoms with Crippen molar-refractivity contribution >= 4 is 17.8 Å². The number of Topliss-reactive ketones (excluding diaryl/α,β-unsaturated/α-hetero) is 1. The molecule has 1 atom stereocenters. The molecule has 1 fully saturated rings. The van der Waals surface area contributed by atoms with E-state index in [9.17, 15) is 22.8 Å². The summed E-state index contributed by atoms with van der Waals surface area (Å²) in [5.74, 6) is 0.291. The molecule has 0 unspecified atom stereocenters. The fourth-order valence-corrected chi connectivity index (χ4v) is 3.47. The van der Waals surface area contributed by atoms with E-state index in [1.807, 2.05) is 20.8 Å². The molecule has 1 aliphatic rings. The van der Waals surface area contributed by atoms with Crippen LogP contribution in [0.25, 0.3) is 0 Å². The molecule has 2 aromatic heterocycles. The summed E-state index contributed by atoms with van der Waals surface area (Å²) in [5.41, 5.74) is -0.865. The Morgan fingerprint density at radius 2 is 1.94 bits per heavy atom. The molecule has 0 bridgehead atoms. The molecule has 0 N–H and O–H groups in total. The van der Waals surface area contributed by atoms with Gasteiger partial charge in [0.15, 0.2) is 11.5 Å². The number of alkyl halides is 3. The molecule has 8 nitrogen and oxygen atoms in total. The molecule has 0 aliphatic carbocycles. The lowest BCUT2D eigenvalue weighted by atomic mass is 10.0. The average molecular weight is 451 g/mol. The minimum Gasteiger partial charge on any atom is -0.491 e. The van der Waals surface area contributed by atoms with Crippen LogP contribution in [0.3, 0.4) is 0 Å². The number of nitrogens with zero attached hydrogens (tertiary/aromatic N) is 5. The molecule has 172 valence electrons. The van der Waals surface area contributed by atoms with E-state index >= 15 is 0 Å². The number of amides is 2. The predicted octanol–water partition coefficient (Wildman–Crippen LogP) is 3.37.